The average molecular weight is 333 g/mol. The first-order valence-electron chi connectivity index (χ1n) is 5.81. The Hall–Kier alpha value is -1.50. The highest BCUT2D eigenvalue weighted by Crippen LogP contribution is 2.16. The van der Waals surface area contributed by atoms with Crippen molar-refractivity contribution >= 4 is 27.5 Å². The Morgan fingerprint density at radius 3 is 2.79 bits per heavy atom. The van der Waals surface area contributed by atoms with Gasteiger partial charge in [-0.25, -0.2) is 4.39 Å². The van der Waals surface area contributed by atoms with Crippen molar-refractivity contribution in [1.29, 1.82) is 0 Å². The Labute approximate surface area is 118 Å². The molecule has 1 aromatic carbocycles. The predicted octanol–water partition coefficient (Wildman–Crippen LogP) is 3.03. The first-order chi connectivity index (χ1) is 8.93. The third-order valence-corrected chi connectivity index (χ3v) is 3.65. The highest BCUT2D eigenvalue weighted by atomic mass is 79.9. The Balaban J connectivity index is 2.69. The van der Waals surface area contributed by atoms with Crippen LogP contribution in [0.5, 0.6) is 0 Å². The van der Waals surface area contributed by atoms with Crippen LogP contribution in [0.3, 0.4) is 0 Å². The standard InChI is InChI=1S/C12H14BrFN2O3/c1-2-9(13)3-4-15-12(17)8-5-10(14)7-11(6-8)16(18)19/h5-7,9H,2-4H2,1H3,(H,15,17). The molecule has 1 aromatic rings. The van der Waals surface area contributed by atoms with Crippen LogP contribution < -0.4 is 5.32 Å². The lowest BCUT2D eigenvalue weighted by molar-refractivity contribution is -0.385. The van der Waals surface area contributed by atoms with Crippen molar-refractivity contribution in [3.8, 4) is 0 Å². The number of amides is 1. The summed E-state index contributed by atoms with van der Waals surface area (Å²) in [5.74, 6) is -1.32. The number of nitro benzene ring substituents is 1. The highest BCUT2D eigenvalue weighted by molar-refractivity contribution is 9.09. The number of nitrogens with one attached hydrogen (secondary N) is 1. The van der Waals surface area contributed by atoms with Gasteiger partial charge in [0.25, 0.3) is 11.6 Å². The zero-order valence-corrected chi connectivity index (χ0v) is 11.9. The summed E-state index contributed by atoms with van der Waals surface area (Å²) in [6.45, 7) is 2.43. The number of alkyl halides is 1. The molecule has 1 unspecified atom stereocenters. The van der Waals surface area contributed by atoms with Crippen LogP contribution in [0.15, 0.2) is 18.2 Å². The fourth-order valence-electron chi connectivity index (χ4n) is 1.46. The summed E-state index contributed by atoms with van der Waals surface area (Å²) in [6.07, 6.45) is 1.67. The Bertz CT molecular complexity index is 482. The number of non-ortho nitro benzene ring substituents is 1. The van der Waals surface area contributed by atoms with Gasteiger partial charge in [-0.2, -0.15) is 0 Å². The molecule has 0 saturated heterocycles. The Morgan fingerprint density at radius 1 is 1.53 bits per heavy atom. The zero-order valence-electron chi connectivity index (χ0n) is 10.4. The molecule has 0 aliphatic carbocycles. The van der Waals surface area contributed by atoms with Crippen LogP contribution in [0, 0.1) is 15.9 Å². The molecule has 1 rings (SSSR count). The van der Waals surface area contributed by atoms with Gasteiger partial charge in [-0.3, -0.25) is 14.9 Å². The SMILES string of the molecule is CCC(Br)CCNC(=O)c1cc(F)cc([N+](=O)[O-])c1. The molecular weight excluding hydrogens is 319 g/mol. The smallest absolute Gasteiger partial charge is 0.273 e. The molecule has 0 bridgehead atoms. The molecule has 5 nitrogen and oxygen atoms in total. The van der Waals surface area contributed by atoms with Gasteiger partial charge in [-0.1, -0.05) is 22.9 Å². The summed E-state index contributed by atoms with van der Waals surface area (Å²) in [4.78, 5) is 21.9. The van der Waals surface area contributed by atoms with E-state index in [0.717, 1.165) is 31.0 Å². The predicted molar refractivity (Wildman–Crippen MR) is 73.0 cm³/mol. The number of hydrogen-bond donors (Lipinski definition) is 1. The number of halogens is 2. The van der Waals surface area contributed by atoms with Crippen LogP contribution in [0.25, 0.3) is 0 Å². The monoisotopic (exact) mass is 332 g/mol. The van der Waals surface area contributed by atoms with Crippen LogP contribution in [0.1, 0.15) is 30.1 Å². The second-order valence-corrected chi connectivity index (χ2v) is 5.30. The number of benzene rings is 1. The van der Waals surface area contributed by atoms with Crippen molar-refractivity contribution in [2.24, 2.45) is 0 Å². The molecule has 1 atom stereocenters. The lowest BCUT2D eigenvalue weighted by Gasteiger charge is -2.08. The molecule has 1 amide bonds. The summed E-state index contributed by atoms with van der Waals surface area (Å²) in [7, 11) is 0. The van der Waals surface area contributed by atoms with Gasteiger partial charge < -0.3 is 5.32 Å². The van der Waals surface area contributed by atoms with E-state index in [0.29, 0.717) is 11.4 Å². The topological polar surface area (TPSA) is 72.2 Å². The molecule has 7 heteroatoms. The molecule has 104 valence electrons. The van der Waals surface area contributed by atoms with Gasteiger partial charge in [-0.05, 0) is 18.9 Å². The van der Waals surface area contributed by atoms with E-state index >= 15 is 0 Å². The van der Waals surface area contributed by atoms with Crippen LogP contribution in [0.4, 0.5) is 10.1 Å². The molecule has 0 heterocycles. The van der Waals surface area contributed by atoms with Gasteiger partial charge >= 0.3 is 0 Å². The van der Waals surface area contributed by atoms with Crippen LogP contribution in [0.2, 0.25) is 0 Å². The van der Waals surface area contributed by atoms with E-state index in [1.807, 2.05) is 6.92 Å². The number of carbonyl (C=O) groups is 1. The third kappa shape index (κ3) is 4.94. The van der Waals surface area contributed by atoms with Gasteiger partial charge in [-0.15, -0.1) is 0 Å². The third-order valence-electron chi connectivity index (χ3n) is 2.54. The number of nitrogens with zero attached hydrogens (tertiary/aromatic N) is 1. The normalized spacial score (nSPS) is 11.9. The maximum atomic E-state index is 13.2. The zero-order chi connectivity index (χ0) is 14.4. The minimum atomic E-state index is -0.800. The van der Waals surface area contributed by atoms with Gasteiger partial charge in [0.2, 0.25) is 0 Å². The second-order valence-electron chi connectivity index (χ2n) is 4.01. The Kier molecular flexibility index (Phi) is 5.88. The minimum absolute atomic E-state index is 0.0469. The van der Waals surface area contributed by atoms with E-state index in [4.69, 9.17) is 0 Å². The first-order valence-corrected chi connectivity index (χ1v) is 6.72. The Morgan fingerprint density at radius 2 is 2.21 bits per heavy atom. The summed E-state index contributed by atoms with van der Waals surface area (Å²) in [6, 6.07) is 2.82. The van der Waals surface area contributed by atoms with E-state index in [1.165, 1.54) is 0 Å². The van der Waals surface area contributed by atoms with Crippen molar-refractivity contribution in [2.45, 2.75) is 24.6 Å². The van der Waals surface area contributed by atoms with Crippen molar-refractivity contribution < 1.29 is 14.1 Å². The molecule has 0 aliphatic rings. The number of nitro groups is 1. The lowest BCUT2D eigenvalue weighted by atomic mass is 10.1. The van der Waals surface area contributed by atoms with Gasteiger partial charge in [0, 0.05) is 23.0 Å². The van der Waals surface area contributed by atoms with Crippen LogP contribution in [-0.4, -0.2) is 22.2 Å². The van der Waals surface area contributed by atoms with Gasteiger partial charge in [0.1, 0.15) is 5.82 Å². The highest BCUT2D eigenvalue weighted by Gasteiger charge is 2.14. The van der Waals surface area contributed by atoms with Gasteiger partial charge in [0.05, 0.1) is 11.0 Å². The van der Waals surface area contributed by atoms with Crippen molar-refractivity contribution in [1.82, 2.24) is 5.32 Å². The van der Waals surface area contributed by atoms with E-state index < -0.39 is 22.3 Å². The molecule has 1 N–H and O–H groups in total. The fraction of sp³-hybridized carbons (Fsp3) is 0.417. The molecule has 0 radical (unpaired) electrons. The summed E-state index contributed by atoms with van der Waals surface area (Å²) < 4.78 is 13.2. The summed E-state index contributed by atoms with van der Waals surface area (Å²) in [5, 5.41) is 13.2. The lowest BCUT2D eigenvalue weighted by Crippen LogP contribution is -2.26. The maximum Gasteiger partial charge on any atom is 0.273 e. The molecule has 19 heavy (non-hydrogen) atoms. The molecule has 0 aliphatic heterocycles. The van der Waals surface area contributed by atoms with Crippen molar-refractivity contribution in [2.75, 3.05) is 6.54 Å². The second kappa shape index (κ2) is 7.18. The average Bonchev–Trinajstić information content (AvgIpc) is 2.37. The van der Waals surface area contributed by atoms with E-state index in [2.05, 4.69) is 21.2 Å². The van der Waals surface area contributed by atoms with Crippen LogP contribution >= 0.6 is 15.9 Å². The summed E-state index contributed by atoms with van der Waals surface area (Å²) >= 11 is 3.42. The number of hydrogen-bond acceptors (Lipinski definition) is 3. The number of rotatable bonds is 6. The summed E-state index contributed by atoms with van der Waals surface area (Å²) in [5.41, 5.74) is -0.480. The molecular formula is C12H14BrFN2O3. The molecule has 0 saturated carbocycles. The van der Waals surface area contributed by atoms with Gasteiger partial charge in [0.15, 0.2) is 0 Å². The first kappa shape index (κ1) is 15.6. The molecule has 0 aromatic heterocycles. The fourth-order valence-corrected chi connectivity index (χ4v) is 1.69. The van der Waals surface area contributed by atoms with E-state index in [1.54, 1.807) is 0 Å². The van der Waals surface area contributed by atoms with Crippen molar-refractivity contribution in [3.63, 3.8) is 0 Å². The van der Waals surface area contributed by atoms with E-state index in [9.17, 15) is 19.3 Å². The largest absolute Gasteiger partial charge is 0.352 e. The maximum absolute atomic E-state index is 13.2. The molecule has 0 spiro atoms. The van der Waals surface area contributed by atoms with E-state index in [-0.39, 0.29) is 5.56 Å². The van der Waals surface area contributed by atoms with Crippen LogP contribution in [-0.2, 0) is 0 Å². The molecule has 0 fully saturated rings. The number of carbonyl (C=O) groups excluding carboxylic acids is 1. The minimum Gasteiger partial charge on any atom is -0.352 e. The quantitative estimate of drug-likeness (QED) is 0.494. The van der Waals surface area contributed by atoms with Crippen molar-refractivity contribution in [3.05, 3.63) is 39.7 Å².